The van der Waals surface area contributed by atoms with E-state index in [1.807, 2.05) is 0 Å². The van der Waals surface area contributed by atoms with Gasteiger partial charge in [-0.25, -0.2) is 0 Å². The second-order valence-corrected chi connectivity index (χ2v) is 1.35. The Morgan fingerprint density at radius 3 is 2.12 bits per heavy atom. The maximum atomic E-state index is 9.87. The highest BCUT2D eigenvalue weighted by Crippen LogP contribution is 1.74. The van der Waals surface area contributed by atoms with Crippen LogP contribution in [-0.4, -0.2) is 24.2 Å². The SMILES string of the molecule is CN[C@H](C)C(=O)O.Cl. The van der Waals surface area contributed by atoms with Crippen LogP contribution in [0.5, 0.6) is 0 Å². The molecule has 2 N–H and O–H groups in total. The van der Waals surface area contributed by atoms with Crippen molar-refractivity contribution in [3.63, 3.8) is 0 Å². The molecule has 0 unspecified atom stereocenters. The molecular formula is C4H10ClNO2. The van der Waals surface area contributed by atoms with Crippen LogP contribution in [-0.2, 0) is 4.79 Å². The number of nitrogens with one attached hydrogen (secondary N) is 1. The highest BCUT2D eigenvalue weighted by atomic mass is 35.5. The van der Waals surface area contributed by atoms with E-state index in [9.17, 15) is 4.79 Å². The second-order valence-electron chi connectivity index (χ2n) is 1.35. The van der Waals surface area contributed by atoms with Crippen LogP contribution in [0.3, 0.4) is 0 Å². The Hall–Kier alpha value is -0.280. The normalized spacial score (nSPS) is 11.8. The first kappa shape index (κ1) is 10.7. The number of hydrogen-bond acceptors (Lipinski definition) is 2. The summed E-state index contributed by atoms with van der Waals surface area (Å²) in [5, 5.41) is 10.7. The summed E-state index contributed by atoms with van der Waals surface area (Å²) in [6.07, 6.45) is 0. The first-order valence-electron chi connectivity index (χ1n) is 2.08. The summed E-state index contributed by atoms with van der Waals surface area (Å²) in [6, 6.07) is -0.431. The van der Waals surface area contributed by atoms with Crippen molar-refractivity contribution in [3.8, 4) is 0 Å². The minimum Gasteiger partial charge on any atom is -0.480 e. The average Bonchev–Trinajstić information content (AvgIpc) is 1.65. The molecule has 0 aliphatic rings. The summed E-state index contributed by atoms with van der Waals surface area (Å²) in [4.78, 5) is 9.87. The molecule has 0 fully saturated rings. The lowest BCUT2D eigenvalue weighted by atomic mass is 10.4. The standard InChI is InChI=1S/C4H9NO2.ClH/c1-3(5-2)4(6)7;/h3,5H,1-2H3,(H,6,7);1H/t3-;/m1./s1. The van der Waals surface area contributed by atoms with Crippen molar-refractivity contribution in [3.05, 3.63) is 0 Å². The molecule has 0 aromatic heterocycles. The highest BCUT2D eigenvalue weighted by Gasteiger charge is 2.04. The van der Waals surface area contributed by atoms with E-state index in [0.717, 1.165) is 0 Å². The van der Waals surface area contributed by atoms with Crippen LogP contribution in [0.15, 0.2) is 0 Å². The van der Waals surface area contributed by atoms with Gasteiger partial charge in [-0.15, -0.1) is 12.4 Å². The van der Waals surface area contributed by atoms with Gasteiger partial charge in [0, 0.05) is 0 Å². The van der Waals surface area contributed by atoms with Crippen molar-refractivity contribution >= 4 is 18.4 Å². The lowest BCUT2D eigenvalue weighted by molar-refractivity contribution is -0.138. The summed E-state index contributed by atoms with van der Waals surface area (Å²) >= 11 is 0. The molecule has 0 radical (unpaired) electrons. The lowest BCUT2D eigenvalue weighted by Gasteiger charge is -1.99. The summed E-state index contributed by atoms with van der Waals surface area (Å²) < 4.78 is 0. The number of carboxylic acids is 1. The minimum absolute atomic E-state index is 0. The molecular weight excluding hydrogens is 130 g/mol. The molecule has 0 spiro atoms. The van der Waals surface area contributed by atoms with E-state index in [1.165, 1.54) is 0 Å². The first-order chi connectivity index (χ1) is 3.18. The fraction of sp³-hybridized carbons (Fsp3) is 0.750. The van der Waals surface area contributed by atoms with Crippen molar-refractivity contribution < 1.29 is 9.90 Å². The van der Waals surface area contributed by atoms with Gasteiger partial charge in [0.15, 0.2) is 0 Å². The maximum absolute atomic E-state index is 9.87. The number of hydrogen-bond donors (Lipinski definition) is 2. The van der Waals surface area contributed by atoms with Gasteiger partial charge in [0.25, 0.3) is 0 Å². The monoisotopic (exact) mass is 139 g/mol. The van der Waals surface area contributed by atoms with Crippen molar-refractivity contribution in [2.24, 2.45) is 0 Å². The van der Waals surface area contributed by atoms with Crippen LogP contribution in [0.25, 0.3) is 0 Å². The van der Waals surface area contributed by atoms with Gasteiger partial charge in [-0.05, 0) is 14.0 Å². The van der Waals surface area contributed by atoms with E-state index < -0.39 is 12.0 Å². The Labute approximate surface area is 54.5 Å². The van der Waals surface area contributed by atoms with Gasteiger partial charge in [-0.3, -0.25) is 4.79 Å². The van der Waals surface area contributed by atoms with E-state index in [4.69, 9.17) is 5.11 Å². The number of rotatable bonds is 2. The summed E-state index contributed by atoms with van der Waals surface area (Å²) in [6.45, 7) is 1.59. The Morgan fingerprint density at radius 1 is 1.75 bits per heavy atom. The number of likely N-dealkylation sites (N-methyl/N-ethyl adjacent to an activating group) is 1. The topological polar surface area (TPSA) is 49.3 Å². The third kappa shape index (κ3) is 3.89. The van der Waals surface area contributed by atoms with Crippen LogP contribution in [0, 0.1) is 0 Å². The largest absolute Gasteiger partial charge is 0.480 e. The molecule has 0 saturated heterocycles. The maximum Gasteiger partial charge on any atom is 0.320 e. The minimum atomic E-state index is -0.817. The molecule has 0 aromatic rings. The molecule has 4 heteroatoms. The molecule has 0 bridgehead atoms. The molecule has 3 nitrogen and oxygen atoms in total. The first-order valence-corrected chi connectivity index (χ1v) is 2.08. The van der Waals surface area contributed by atoms with Gasteiger partial charge >= 0.3 is 5.97 Å². The summed E-state index contributed by atoms with van der Waals surface area (Å²) in [7, 11) is 1.61. The lowest BCUT2D eigenvalue weighted by Crippen LogP contribution is -2.29. The number of carbonyl (C=O) groups is 1. The van der Waals surface area contributed by atoms with Gasteiger partial charge < -0.3 is 10.4 Å². The summed E-state index contributed by atoms with van der Waals surface area (Å²) in [5.41, 5.74) is 0. The van der Waals surface area contributed by atoms with Crippen molar-refractivity contribution in [2.45, 2.75) is 13.0 Å². The van der Waals surface area contributed by atoms with Gasteiger partial charge in [0.05, 0.1) is 0 Å². The van der Waals surface area contributed by atoms with Crippen LogP contribution in [0.2, 0.25) is 0 Å². The van der Waals surface area contributed by atoms with Gasteiger partial charge in [0.2, 0.25) is 0 Å². The smallest absolute Gasteiger partial charge is 0.320 e. The molecule has 0 aromatic carbocycles. The summed E-state index contributed by atoms with van der Waals surface area (Å²) in [5.74, 6) is -0.817. The Kier molecular flexibility index (Phi) is 6.48. The van der Waals surface area contributed by atoms with Gasteiger partial charge in [-0.1, -0.05) is 0 Å². The predicted octanol–water partition coefficient (Wildman–Crippen LogP) is 0.101. The quantitative estimate of drug-likeness (QED) is 0.571. The number of carboxylic acid groups (broad SMARTS) is 1. The van der Waals surface area contributed by atoms with Crippen molar-refractivity contribution in [1.29, 1.82) is 0 Å². The van der Waals surface area contributed by atoms with Crippen molar-refractivity contribution in [2.75, 3.05) is 7.05 Å². The molecule has 0 heterocycles. The molecule has 0 aliphatic carbocycles. The Balaban J connectivity index is 0. The fourth-order valence-electron chi connectivity index (χ4n) is 0.123. The third-order valence-electron chi connectivity index (χ3n) is 0.803. The zero-order chi connectivity index (χ0) is 5.86. The number of aliphatic carboxylic acids is 1. The van der Waals surface area contributed by atoms with Crippen LogP contribution in [0.1, 0.15) is 6.92 Å². The molecule has 0 rings (SSSR count). The van der Waals surface area contributed by atoms with Crippen LogP contribution >= 0.6 is 12.4 Å². The Bertz CT molecular complexity index is 76.4. The van der Waals surface area contributed by atoms with Crippen molar-refractivity contribution in [1.82, 2.24) is 5.32 Å². The fourth-order valence-corrected chi connectivity index (χ4v) is 0.123. The molecule has 0 aliphatic heterocycles. The third-order valence-corrected chi connectivity index (χ3v) is 0.803. The van der Waals surface area contributed by atoms with E-state index >= 15 is 0 Å². The molecule has 0 amide bonds. The molecule has 0 saturated carbocycles. The number of halogens is 1. The zero-order valence-corrected chi connectivity index (χ0v) is 5.66. The zero-order valence-electron chi connectivity index (χ0n) is 4.84. The van der Waals surface area contributed by atoms with Crippen LogP contribution in [0.4, 0.5) is 0 Å². The second kappa shape index (κ2) is 4.87. The molecule has 1 atom stereocenters. The highest BCUT2D eigenvalue weighted by molar-refractivity contribution is 5.85. The molecule has 8 heavy (non-hydrogen) atoms. The molecule has 50 valence electrons. The van der Waals surface area contributed by atoms with E-state index in [2.05, 4.69) is 5.32 Å². The van der Waals surface area contributed by atoms with Crippen LogP contribution < -0.4 is 5.32 Å². The average molecular weight is 140 g/mol. The van der Waals surface area contributed by atoms with E-state index in [-0.39, 0.29) is 12.4 Å². The Morgan fingerprint density at radius 2 is 2.12 bits per heavy atom. The predicted molar refractivity (Wildman–Crippen MR) is 33.4 cm³/mol. The van der Waals surface area contributed by atoms with E-state index in [0.29, 0.717) is 0 Å². The van der Waals surface area contributed by atoms with E-state index in [1.54, 1.807) is 14.0 Å². The van der Waals surface area contributed by atoms with Gasteiger partial charge in [-0.2, -0.15) is 0 Å². The van der Waals surface area contributed by atoms with Gasteiger partial charge in [0.1, 0.15) is 6.04 Å².